The summed E-state index contributed by atoms with van der Waals surface area (Å²) in [5.41, 5.74) is 4.96. The van der Waals surface area contributed by atoms with Crippen molar-refractivity contribution in [2.75, 3.05) is 23.8 Å². The number of carbonyl (C=O) groups excluding carboxylic acids is 1. The van der Waals surface area contributed by atoms with Gasteiger partial charge in [0.2, 0.25) is 0 Å². The second-order valence-electron chi connectivity index (χ2n) is 5.74. The van der Waals surface area contributed by atoms with Crippen molar-refractivity contribution in [2.24, 2.45) is 0 Å². The zero-order valence-corrected chi connectivity index (χ0v) is 13.5. The van der Waals surface area contributed by atoms with E-state index in [1.807, 2.05) is 36.4 Å². The van der Waals surface area contributed by atoms with E-state index in [1.165, 1.54) is 0 Å². The Labute approximate surface area is 141 Å². The van der Waals surface area contributed by atoms with Crippen molar-refractivity contribution < 1.29 is 9.53 Å². The summed E-state index contributed by atoms with van der Waals surface area (Å²) in [7, 11) is 0. The third-order valence-corrected chi connectivity index (χ3v) is 4.29. The Bertz CT molecular complexity index is 746. The molecule has 2 aliphatic heterocycles. The molecule has 2 aliphatic rings. The fraction of sp³-hybridized carbons (Fsp3) is 0.278. The highest BCUT2D eigenvalue weighted by atomic mass is 35.5. The minimum absolute atomic E-state index is 0. The smallest absolute Gasteiger partial charge is 0.256 e. The minimum atomic E-state index is -0.0422. The molecule has 1 amide bonds. The molecule has 0 fully saturated rings. The molecule has 0 unspecified atom stereocenters. The molecule has 0 saturated heterocycles. The van der Waals surface area contributed by atoms with Gasteiger partial charge in [0.25, 0.3) is 5.91 Å². The Hall–Kier alpha value is -2.20. The van der Waals surface area contributed by atoms with Crippen molar-refractivity contribution in [1.29, 1.82) is 0 Å². The van der Waals surface area contributed by atoms with Crippen LogP contribution >= 0.6 is 12.4 Å². The lowest BCUT2D eigenvalue weighted by Gasteiger charge is -2.20. The summed E-state index contributed by atoms with van der Waals surface area (Å²) in [4.78, 5) is 12.6. The summed E-state index contributed by atoms with van der Waals surface area (Å²) in [5.74, 6) is 0.888. The summed E-state index contributed by atoms with van der Waals surface area (Å²) >= 11 is 0. The Balaban J connectivity index is 0.00000156. The quantitative estimate of drug-likeness (QED) is 0.883. The molecule has 0 radical (unpaired) electrons. The Kier molecular flexibility index (Phi) is 4.44. The van der Waals surface area contributed by atoms with Crippen LogP contribution in [0.3, 0.4) is 0 Å². The van der Waals surface area contributed by atoms with Gasteiger partial charge in [-0.05, 0) is 54.3 Å². The molecule has 4 nitrogen and oxygen atoms in total. The molecule has 0 spiro atoms. The van der Waals surface area contributed by atoms with Crippen LogP contribution in [0.5, 0.6) is 5.75 Å². The predicted molar refractivity (Wildman–Crippen MR) is 94.1 cm³/mol. The first-order chi connectivity index (χ1) is 10.8. The number of rotatable bonds is 2. The fourth-order valence-electron chi connectivity index (χ4n) is 3.19. The number of carbonyl (C=O) groups is 1. The third-order valence-electron chi connectivity index (χ3n) is 4.29. The van der Waals surface area contributed by atoms with Crippen LogP contribution in [0, 0.1) is 0 Å². The molecule has 120 valence electrons. The van der Waals surface area contributed by atoms with Crippen LogP contribution in [0.2, 0.25) is 0 Å². The number of halogens is 1. The molecular weight excluding hydrogens is 312 g/mol. The third kappa shape index (κ3) is 2.99. The number of hydrogen-bond acceptors (Lipinski definition) is 3. The van der Waals surface area contributed by atoms with Gasteiger partial charge in [-0.2, -0.15) is 0 Å². The van der Waals surface area contributed by atoms with Gasteiger partial charge in [0.15, 0.2) is 0 Å². The molecular formula is C18H19ClN2O2. The Morgan fingerprint density at radius 2 is 2.09 bits per heavy atom. The topological polar surface area (TPSA) is 50.4 Å². The Morgan fingerprint density at radius 1 is 1.17 bits per heavy atom. The molecule has 0 aromatic heterocycles. The number of anilines is 2. The molecule has 2 N–H and O–H groups in total. The molecule has 2 aromatic carbocycles. The first-order valence-electron chi connectivity index (χ1n) is 7.74. The molecule has 0 atom stereocenters. The van der Waals surface area contributed by atoms with Gasteiger partial charge >= 0.3 is 0 Å². The molecule has 4 rings (SSSR count). The maximum absolute atomic E-state index is 12.6. The standard InChI is InChI=1S/C18H18N2O2.ClH/c21-18(15-3-1-5-16-14(15)4-2-9-19-16)20-13-6-7-17-12(11-13)8-10-22-17;/h1,3,5-7,11,19H,2,4,8-10H2,(H,20,21);1H. The summed E-state index contributed by atoms with van der Waals surface area (Å²) in [6, 6.07) is 11.7. The van der Waals surface area contributed by atoms with Crippen LogP contribution in [-0.2, 0) is 12.8 Å². The van der Waals surface area contributed by atoms with E-state index in [-0.39, 0.29) is 18.3 Å². The predicted octanol–water partition coefficient (Wildman–Crippen LogP) is 3.65. The van der Waals surface area contributed by atoms with E-state index < -0.39 is 0 Å². The average Bonchev–Trinajstić information content (AvgIpc) is 3.02. The van der Waals surface area contributed by atoms with Crippen LogP contribution in [-0.4, -0.2) is 19.1 Å². The molecule has 0 saturated carbocycles. The molecule has 0 bridgehead atoms. The number of ether oxygens (including phenoxy) is 1. The Morgan fingerprint density at radius 3 is 3.00 bits per heavy atom. The second kappa shape index (κ2) is 6.50. The summed E-state index contributed by atoms with van der Waals surface area (Å²) in [5, 5.41) is 6.37. The number of benzene rings is 2. The molecule has 5 heteroatoms. The normalized spacial score (nSPS) is 14.6. The monoisotopic (exact) mass is 330 g/mol. The zero-order chi connectivity index (χ0) is 14.9. The SMILES string of the molecule is Cl.O=C(Nc1ccc2c(c1)CCO2)c1cccc2c1CCCN2. The lowest BCUT2D eigenvalue weighted by Crippen LogP contribution is -2.19. The lowest BCUT2D eigenvalue weighted by molar-refractivity contribution is 0.102. The van der Waals surface area contributed by atoms with Crippen LogP contribution in [0.1, 0.15) is 27.9 Å². The molecule has 23 heavy (non-hydrogen) atoms. The van der Waals surface area contributed by atoms with Crippen molar-refractivity contribution in [3.8, 4) is 5.75 Å². The van der Waals surface area contributed by atoms with Gasteiger partial charge in [-0.15, -0.1) is 12.4 Å². The number of nitrogens with one attached hydrogen (secondary N) is 2. The van der Waals surface area contributed by atoms with Gasteiger partial charge in [-0.1, -0.05) is 6.07 Å². The maximum Gasteiger partial charge on any atom is 0.256 e. The molecule has 2 aromatic rings. The first kappa shape index (κ1) is 15.7. The van der Waals surface area contributed by atoms with Gasteiger partial charge < -0.3 is 15.4 Å². The average molecular weight is 331 g/mol. The first-order valence-corrected chi connectivity index (χ1v) is 7.74. The van der Waals surface area contributed by atoms with E-state index >= 15 is 0 Å². The van der Waals surface area contributed by atoms with Crippen LogP contribution in [0.15, 0.2) is 36.4 Å². The van der Waals surface area contributed by atoms with Crippen molar-refractivity contribution in [1.82, 2.24) is 0 Å². The van der Waals surface area contributed by atoms with Gasteiger partial charge in [-0.3, -0.25) is 4.79 Å². The van der Waals surface area contributed by atoms with Gasteiger partial charge in [0.05, 0.1) is 6.61 Å². The second-order valence-corrected chi connectivity index (χ2v) is 5.74. The summed E-state index contributed by atoms with van der Waals surface area (Å²) < 4.78 is 5.50. The van der Waals surface area contributed by atoms with E-state index in [0.717, 1.165) is 66.2 Å². The van der Waals surface area contributed by atoms with Gasteiger partial charge in [-0.25, -0.2) is 0 Å². The highest BCUT2D eigenvalue weighted by molar-refractivity contribution is 6.06. The van der Waals surface area contributed by atoms with E-state index in [9.17, 15) is 4.79 Å². The zero-order valence-electron chi connectivity index (χ0n) is 12.7. The fourth-order valence-corrected chi connectivity index (χ4v) is 3.19. The van der Waals surface area contributed by atoms with Gasteiger partial charge in [0.1, 0.15) is 5.75 Å². The van der Waals surface area contributed by atoms with Crippen LogP contribution in [0.25, 0.3) is 0 Å². The maximum atomic E-state index is 12.6. The molecule has 0 aliphatic carbocycles. The van der Waals surface area contributed by atoms with E-state index in [1.54, 1.807) is 0 Å². The van der Waals surface area contributed by atoms with Crippen molar-refractivity contribution >= 4 is 29.7 Å². The molecule has 2 heterocycles. The van der Waals surface area contributed by atoms with Crippen LogP contribution < -0.4 is 15.4 Å². The number of hydrogen-bond donors (Lipinski definition) is 2. The van der Waals surface area contributed by atoms with Gasteiger partial charge in [0, 0.05) is 29.9 Å². The highest BCUT2D eigenvalue weighted by Gasteiger charge is 2.18. The van der Waals surface area contributed by atoms with Crippen molar-refractivity contribution in [3.63, 3.8) is 0 Å². The van der Waals surface area contributed by atoms with E-state index in [2.05, 4.69) is 10.6 Å². The lowest BCUT2D eigenvalue weighted by atomic mass is 9.97. The van der Waals surface area contributed by atoms with Crippen LogP contribution in [0.4, 0.5) is 11.4 Å². The number of fused-ring (bicyclic) bond motifs is 2. The summed E-state index contributed by atoms with van der Waals surface area (Å²) in [6.45, 7) is 1.70. The number of amides is 1. The van der Waals surface area contributed by atoms with E-state index in [0.29, 0.717) is 0 Å². The largest absolute Gasteiger partial charge is 0.493 e. The van der Waals surface area contributed by atoms with E-state index in [4.69, 9.17) is 4.74 Å². The van der Waals surface area contributed by atoms with Crippen molar-refractivity contribution in [2.45, 2.75) is 19.3 Å². The summed E-state index contributed by atoms with van der Waals surface area (Å²) in [6.07, 6.45) is 2.92. The highest BCUT2D eigenvalue weighted by Crippen LogP contribution is 2.29. The van der Waals surface area contributed by atoms with Crippen molar-refractivity contribution in [3.05, 3.63) is 53.1 Å². The minimum Gasteiger partial charge on any atom is -0.493 e.